The number of alkyl halides is 2. The molecule has 1 unspecified atom stereocenters. The Morgan fingerprint density at radius 1 is 1.38 bits per heavy atom. The molecule has 1 aliphatic rings. The van der Waals surface area contributed by atoms with Gasteiger partial charge in [0.2, 0.25) is 0 Å². The molecule has 0 aliphatic carbocycles. The van der Waals surface area contributed by atoms with Crippen LogP contribution in [0.1, 0.15) is 26.2 Å². The lowest BCUT2D eigenvalue weighted by atomic mass is 10.1. The Hall–Kier alpha value is -0.220. The largest absolute Gasteiger partial charge is 0.392 e. The van der Waals surface area contributed by atoms with Crippen LogP contribution in [0.25, 0.3) is 0 Å². The number of aliphatic hydroxyl groups excluding tert-OH is 1. The van der Waals surface area contributed by atoms with Crippen molar-refractivity contribution in [1.82, 2.24) is 4.90 Å². The van der Waals surface area contributed by atoms with Crippen LogP contribution in [0.4, 0.5) is 8.78 Å². The summed E-state index contributed by atoms with van der Waals surface area (Å²) < 4.78 is 25.4. The maximum atomic E-state index is 12.7. The third-order valence-electron chi connectivity index (χ3n) is 2.53. The average molecular weight is 193 g/mol. The molecule has 0 saturated carbocycles. The minimum Gasteiger partial charge on any atom is -0.392 e. The molecule has 0 radical (unpaired) electrons. The summed E-state index contributed by atoms with van der Waals surface area (Å²) in [5, 5.41) is 9.31. The average Bonchev–Trinajstić information content (AvgIpc) is 2.08. The van der Waals surface area contributed by atoms with Crippen molar-refractivity contribution in [2.24, 2.45) is 0 Å². The molecular formula is C9H17F2NO. The van der Waals surface area contributed by atoms with Gasteiger partial charge >= 0.3 is 0 Å². The van der Waals surface area contributed by atoms with E-state index in [1.165, 1.54) is 0 Å². The Balaban J connectivity index is 2.25. The summed E-state index contributed by atoms with van der Waals surface area (Å²) in [6.45, 7) is 3.24. The second-order valence-corrected chi connectivity index (χ2v) is 3.72. The summed E-state index contributed by atoms with van der Waals surface area (Å²) in [5.74, 6) is -2.48. The summed E-state index contributed by atoms with van der Waals surface area (Å²) in [4.78, 5) is 1.91. The molecule has 0 amide bonds. The molecule has 0 spiro atoms. The van der Waals surface area contributed by atoms with Crippen LogP contribution in [0, 0.1) is 0 Å². The summed E-state index contributed by atoms with van der Waals surface area (Å²) in [6, 6.07) is 0. The highest BCUT2D eigenvalue weighted by Crippen LogP contribution is 2.27. The third kappa shape index (κ3) is 3.56. The van der Waals surface area contributed by atoms with Gasteiger partial charge in [-0.1, -0.05) is 6.92 Å². The first kappa shape index (κ1) is 10.9. The van der Waals surface area contributed by atoms with Crippen LogP contribution < -0.4 is 0 Å². The van der Waals surface area contributed by atoms with Gasteiger partial charge in [-0.15, -0.1) is 0 Å². The number of hydrogen-bond acceptors (Lipinski definition) is 2. The SMILES string of the molecule is CCC(O)CN1CCC(F)(F)CC1. The van der Waals surface area contributed by atoms with Gasteiger partial charge in [0.1, 0.15) is 0 Å². The highest BCUT2D eigenvalue weighted by molar-refractivity contribution is 4.78. The molecule has 1 fully saturated rings. The number of β-amino-alcohol motifs (C(OH)–C–C–N with tert-alkyl or cyclic N) is 1. The predicted molar refractivity (Wildman–Crippen MR) is 46.9 cm³/mol. The molecule has 0 aromatic carbocycles. The number of piperidine rings is 1. The van der Waals surface area contributed by atoms with Gasteiger partial charge in [0.05, 0.1) is 6.10 Å². The van der Waals surface area contributed by atoms with Crippen LogP contribution in [0.2, 0.25) is 0 Å². The van der Waals surface area contributed by atoms with Gasteiger partial charge < -0.3 is 10.0 Å². The molecule has 1 saturated heterocycles. The highest BCUT2D eigenvalue weighted by atomic mass is 19.3. The van der Waals surface area contributed by atoms with Crippen LogP contribution in [0.3, 0.4) is 0 Å². The summed E-state index contributed by atoms with van der Waals surface area (Å²) >= 11 is 0. The molecule has 13 heavy (non-hydrogen) atoms. The van der Waals surface area contributed by atoms with Crippen molar-refractivity contribution in [3.63, 3.8) is 0 Å². The van der Waals surface area contributed by atoms with E-state index in [4.69, 9.17) is 0 Å². The van der Waals surface area contributed by atoms with E-state index < -0.39 is 5.92 Å². The molecule has 0 bridgehead atoms. The standard InChI is InChI=1S/C9H17F2NO/c1-2-8(13)7-12-5-3-9(10,11)4-6-12/h8,13H,2-7H2,1H3. The molecule has 0 aromatic heterocycles. The lowest BCUT2D eigenvalue weighted by Crippen LogP contribution is -2.42. The topological polar surface area (TPSA) is 23.5 Å². The van der Waals surface area contributed by atoms with Gasteiger partial charge in [0.15, 0.2) is 0 Å². The van der Waals surface area contributed by atoms with Crippen molar-refractivity contribution in [1.29, 1.82) is 0 Å². The Kier molecular flexibility index (Phi) is 3.62. The number of hydrogen-bond donors (Lipinski definition) is 1. The fourth-order valence-corrected chi connectivity index (χ4v) is 1.49. The molecular weight excluding hydrogens is 176 g/mol. The lowest BCUT2D eigenvalue weighted by molar-refractivity contribution is -0.0611. The molecule has 1 N–H and O–H groups in total. The maximum Gasteiger partial charge on any atom is 0.250 e. The molecule has 0 aromatic rings. The van der Waals surface area contributed by atoms with Crippen molar-refractivity contribution in [2.75, 3.05) is 19.6 Å². The third-order valence-corrected chi connectivity index (χ3v) is 2.53. The Morgan fingerprint density at radius 2 is 1.92 bits per heavy atom. The van der Waals surface area contributed by atoms with Crippen molar-refractivity contribution in [3.05, 3.63) is 0 Å². The smallest absolute Gasteiger partial charge is 0.250 e. The zero-order chi connectivity index (χ0) is 9.90. The van der Waals surface area contributed by atoms with Crippen LogP contribution in [0.5, 0.6) is 0 Å². The number of aliphatic hydroxyl groups is 1. The van der Waals surface area contributed by atoms with E-state index in [0.717, 1.165) is 0 Å². The van der Waals surface area contributed by atoms with Crippen molar-refractivity contribution in [2.45, 2.75) is 38.2 Å². The normalized spacial score (nSPS) is 25.8. The fourth-order valence-electron chi connectivity index (χ4n) is 1.49. The van der Waals surface area contributed by atoms with E-state index in [9.17, 15) is 13.9 Å². The Bertz CT molecular complexity index is 154. The molecule has 1 heterocycles. The van der Waals surface area contributed by atoms with Gasteiger partial charge in [-0.2, -0.15) is 0 Å². The Morgan fingerprint density at radius 3 is 2.38 bits per heavy atom. The zero-order valence-corrected chi connectivity index (χ0v) is 7.97. The van der Waals surface area contributed by atoms with Gasteiger partial charge in [0.25, 0.3) is 5.92 Å². The first-order valence-corrected chi connectivity index (χ1v) is 4.82. The van der Waals surface area contributed by atoms with Crippen molar-refractivity contribution >= 4 is 0 Å². The summed E-state index contributed by atoms with van der Waals surface area (Å²) in [5.41, 5.74) is 0. The molecule has 4 heteroatoms. The predicted octanol–water partition coefficient (Wildman–Crippen LogP) is 1.49. The number of rotatable bonds is 3. The number of likely N-dealkylation sites (tertiary alicyclic amines) is 1. The van der Waals surface area contributed by atoms with E-state index in [1.807, 2.05) is 11.8 Å². The quantitative estimate of drug-likeness (QED) is 0.734. The van der Waals surface area contributed by atoms with Crippen molar-refractivity contribution in [3.8, 4) is 0 Å². The van der Waals surface area contributed by atoms with E-state index in [0.29, 0.717) is 26.1 Å². The first-order valence-electron chi connectivity index (χ1n) is 4.82. The van der Waals surface area contributed by atoms with Crippen molar-refractivity contribution < 1.29 is 13.9 Å². The van der Waals surface area contributed by atoms with Gasteiger partial charge in [-0.3, -0.25) is 0 Å². The Labute approximate surface area is 77.5 Å². The molecule has 1 atom stereocenters. The van der Waals surface area contributed by atoms with Gasteiger partial charge in [-0.05, 0) is 6.42 Å². The summed E-state index contributed by atoms with van der Waals surface area (Å²) in [6.07, 6.45) is 0.187. The summed E-state index contributed by atoms with van der Waals surface area (Å²) in [7, 11) is 0. The highest BCUT2D eigenvalue weighted by Gasteiger charge is 2.34. The maximum absolute atomic E-state index is 12.7. The molecule has 2 nitrogen and oxygen atoms in total. The second-order valence-electron chi connectivity index (χ2n) is 3.72. The van der Waals surface area contributed by atoms with Crippen LogP contribution in [-0.4, -0.2) is 41.7 Å². The van der Waals surface area contributed by atoms with E-state index in [2.05, 4.69) is 0 Å². The van der Waals surface area contributed by atoms with E-state index >= 15 is 0 Å². The number of halogens is 2. The molecule has 1 rings (SSSR count). The monoisotopic (exact) mass is 193 g/mol. The fraction of sp³-hybridized carbons (Fsp3) is 1.00. The first-order chi connectivity index (χ1) is 6.03. The minimum absolute atomic E-state index is 0.0660. The second kappa shape index (κ2) is 4.33. The number of nitrogens with zero attached hydrogens (tertiary/aromatic N) is 1. The van der Waals surface area contributed by atoms with Crippen LogP contribution in [-0.2, 0) is 0 Å². The molecule has 1 aliphatic heterocycles. The molecule has 78 valence electrons. The van der Waals surface area contributed by atoms with Crippen LogP contribution in [0.15, 0.2) is 0 Å². The lowest BCUT2D eigenvalue weighted by Gasteiger charge is -2.32. The van der Waals surface area contributed by atoms with E-state index in [-0.39, 0.29) is 18.9 Å². The van der Waals surface area contributed by atoms with Gasteiger partial charge in [-0.25, -0.2) is 8.78 Å². The zero-order valence-electron chi connectivity index (χ0n) is 7.97. The van der Waals surface area contributed by atoms with Gasteiger partial charge in [0, 0.05) is 32.5 Å². The van der Waals surface area contributed by atoms with Crippen LogP contribution >= 0.6 is 0 Å². The van der Waals surface area contributed by atoms with E-state index in [1.54, 1.807) is 0 Å². The minimum atomic E-state index is -2.48.